The molecule has 1 aromatic carbocycles. The van der Waals surface area contributed by atoms with E-state index in [-0.39, 0.29) is 6.04 Å². The summed E-state index contributed by atoms with van der Waals surface area (Å²) >= 11 is 3.50. The highest BCUT2D eigenvalue weighted by Gasteiger charge is 2.13. The Morgan fingerprint density at radius 1 is 1.41 bits per heavy atom. The zero-order chi connectivity index (χ0) is 12.4. The van der Waals surface area contributed by atoms with Gasteiger partial charge in [0.25, 0.3) is 0 Å². The highest BCUT2D eigenvalue weighted by molar-refractivity contribution is 9.10. The minimum atomic E-state index is -0.121. The Balaban J connectivity index is 2.36. The van der Waals surface area contributed by atoms with E-state index in [1.54, 1.807) is 6.20 Å². The van der Waals surface area contributed by atoms with Gasteiger partial charge in [0, 0.05) is 17.2 Å². The van der Waals surface area contributed by atoms with E-state index in [0.717, 1.165) is 22.3 Å². The van der Waals surface area contributed by atoms with Crippen molar-refractivity contribution < 1.29 is 0 Å². The second-order valence-corrected chi connectivity index (χ2v) is 4.91. The van der Waals surface area contributed by atoms with E-state index >= 15 is 0 Å². The largest absolute Gasteiger partial charge is 0.319 e. The van der Waals surface area contributed by atoms with Crippen molar-refractivity contribution in [2.45, 2.75) is 26.4 Å². The summed E-state index contributed by atoms with van der Waals surface area (Å²) < 4.78 is 3.04. The minimum absolute atomic E-state index is 0.121. The van der Waals surface area contributed by atoms with Crippen LogP contribution in [0.1, 0.15) is 29.8 Å². The zero-order valence-corrected chi connectivity index (χ0v) is 11.6. The highest BCUT2D eigenvalue weighted by atomic mass is 79.9. The van der Waals surface area contributed by atoms with E-state index in [9.17, 15) is 0 Å². The van der Waals surface area contributed by atoms with E-state index in [1.165, 1.54) is 5.56 Å². The van der Waals surface area contributed by atoms with Crippen LogP contribution in [0.25, 0.3) is 0 Å². The number of benzene rings is 1. The van der Waals surface area contributed by atoms with Gasteiger partial charge in [-0.1, -0.05) is 28.1 Å². The van der Waals surface area contributed by atoms with Gasteiger partial charge in [-0.3, -0.25) is 4.68 Å². The lowest BCUT2D eigenvalue weighted by Gasteiger charge is -2.14. The average molecular weight is 294 g/mol. The van der Waals surface area contributed by atoms with Crippen molar-refractivity contribution >= 4 is 15.9 Å². The molecule has 0 radical (unpaired) electrons. The van der Waals surface area contributed by atoms with Crippen molar-refractivity contribution in [1.29, 1.82) is 0 Å². The Bertz CT molecular complexity index is 519. The van der Waals surface area contributed by atoms with Crippen LogP contribution in [-0.4, -0.2) is 9.78 Å². The van der Waals surface area contributed by atoms with E-state index in [4.69, 9.17) is 5.73 Å². The molecule has 0 saturated carbocycles. The first-order valence-electron chi connectivity index (χ1n) is 5.66. The molecule has 0 bridgehead atoms. The molecule has 0 spiro atoms. The third-order valence-corrected chi connectivity index (χ3v) is 3.80. The molecule has 0 fully saturated rings. The fourth-order valence-electron chi connectivity index (χ4n) is 1.90. The predicted molar refractivity (Wildman–Crippen MR) is 72.8 cm³/mol. The van der Waals surface area contributed by atoms with Crippen molar-refractivity contribution in [1.82, 2.24) is 9.78 Å². The van der Waals surface area contributed by atoms with Gasteiger partial charge in [0.05, 0.1) is 11.7 Å². The maximum absolute atomic E-state index is 6.28. The van der Waals surface area contributed by atoms with Crippen molar-refractivity contribution in [2.24, 2.45) is 5.73 Å². The molecule has 4 heteroatoms. The Kier molecular flexibility index (Phi) is 3.64. The molecule has 1 aromatic heterocycles. The van der Waals surface area contributed by atoms with E-state index in [2.05, 4.69) is 47.0 Å². The number of hydrogen-bond acceptors (Lipinski definition) is 2. The maximum atomic E-state index is 6.28. The van der Waals surface area contributed by atoms with Gasteiger partial charge in [0.2, 0.25) is 0 Å². The molecule has 17 heavy (non-hydrogen) atoms. The number of nitrogens with two attached hydrogens (primary N) is 1. The summed E-state index contributed by atoms with van der Waals surface area (Å²) in [6.45, 7) is 4.97. The summed E-state index contributed by atoms with van der Waals surface area (Å²) in [6.07, 6.45) is 1.80. The molecule has 0 amide bonds. The molecule has 2 rings (SSSR count). The van der Waals surface area contributed by atoms with Gasteiger partial charge in [-0.2, -0.15) is 5.10 Å². The fraction of sp³-hybridized carbons (Fsp3) is 0.308. The smallest absolute Gasteiger partial charge is 0.0723 e. The van der Waals surface area contributed by atoms with Crippen LogP contribution in [0.4, 0.5) is 0 Å². The zero-order valence-electron chi connectivity index (χ0n) is 10.0. The molecule has 90 valence electrons. The van der Waals surface area contributed by atoms with Crippen molar-refractivity contribution in [3.63, 3.8) is 0 Å². The average Bonchev–Trinajstić information content (AvgIpc) is 2.80. The highest BCUT2D eigenvalue weighted by Crippen LogP contribution is 2.24. The molecule has 0 aliphatic rings. The maximum Gasteiger partial charge on any atom is 0.0723 e. The van der Waals surface area contributed by atoms with Gasteiger partial charge in [-0.05, 0) is 37.1 Å². The molecule has 3 nitrogen and oxygen atoms in total. The van der Waals surface area contributed by atoms with Crippen LogP contribution in [0, 0.1) is 6.92 Å². The normalized spacial score (nSPS) is 12.7. The lowest BCUT2D eigenvalue weighted by Crippen LogP contribution is -2.17. The van der Waals surface area contributed by atoms with Crippen LogP contribution in [0.5, 0.6) is 0 Å². The predicted octanol–water partition coefficient (Wildman–Crippen LogP) is 3.02. The molecule has 2 aromatic rings. The monoisotopic (exact) mass is 293 g/mol. The van der Waals surface area contributed by atoms with Crippen molar-refractivity contribution in [3.8, 4) is 0 Å². The Morgan fingerprint density at radius 2 is 2.18 bits per heavy atom. The molecule has 2 N–H and O–H groups in total. The third kappa shape index (κ3) is 2.42. The van der Waals surface area contributed by atoms with Gasteiger partial charge in [0.15, 0.2) is 0 Å². The second-order valence-electron chi connectivity index (χ2n) is 4.06. The Morgan fingerprint density at radius 3 is 2.82 bits per heavy atom. The van der Waals surface area contributed by atoms with E-state index < -0.39 is 0 Å². The molecule has 1 unspecified atom stereocenters. The van der Waals surface area contributed by atoms with Gasteiger partial charge in [0.1, 0.15) is 0 Å². The lowest BCUT2D eigenvalue weighted by molar-refractivity contribution is 0.600. The summed E-state index contributed by atoms with van der Waals surface area (Å²) in [4.78, 5) is 0. The van der Waals surface area contributed by atoms with Crippen LogP contribution in [0.15, 0.2) is 34.9 Å². The summed E-state index contributed by atoms with van der Waals surface area (Å²) in [5.74, 6) is 0. The number of halogens is 1. The molecular weight excluding hydrogens is 278 g/mol. The summed E-state index contributed by atoms with van der Waals surface area (Å²) in [5.41, 5.74) is 9.64. The van der Waals surface area contributed by atoms with Crippen molar-refractivity contribution in [3.05, 3.63) is 51.8 Å². The number of nitrogens with zero attached hydrogens (tertiary/aromatic N) is 2. The fourth-order valence-corrected chi connectivity index (χ4v) is 2.15. The number of hydrogen-bond donors (Lipinski definition) is 1. The number of aromatic nitrogens is 2. The summed E-state index contributed by atoms with van der Waals surface area (Å²) in [5, 5.41) is 4.25. The van der Waals surface area contributed by atoms with Crippen LogP contribution in [0.3, 0.4) is 0 Å². The van der Waals surface area contributed by atoms with E-state index in [1.807, 2.05) is 16.8 Å². The molecule has 0 saturated heterocycles. The van der Waals surface area contributed by atoms with Crippen LogP contribution < -0.4 is 5.73 Å². The van der Waals surface area contributed by atoms with E-state index in [0.29, 0.717) is 0 Å². The first-order chi connectivity index (χ1) is 8.13. The summed E-state index contributed by atoms with van der Waals surface area (Å²) in [6, 6.07) is 8.06. The second kappa shape index (κ2) is 5.02. The molecule has 1 heterocycles. The van der Waals surface area contributed by atoms with Gasteiger partial charge < -0.3 is 5.73 Å². The molecule has 1 atom stereocenters. The first-order valence-corrected chi connectivity index (χ1v) is 6.46. The van der Waals surface area contributed by atoms with Crippen molar-refractivity contribution in [2.75, 3.05) is 0 Å². The Hall–Kier alpha value is -1.13. The standard InChI is InChI=1S/C13H16BrN3/c1-3-17-12(6-7-16-17)13(15)10-4-5-11(14)9(2)8-10/h4-8,13H,3,15H2,1-2H3. The number of aryl methyl sites for hydroxylation is 2. The topological polar surface area (TPSA) is 43.8 Å². The van der Waals surface area contributed by atoms with Crippen LogP contribution >= 0.6 is 15.9 Å². The van der Waals surface area contributed by atoms with Crippen LogP contribution in [0.2, 0.25) is 0 Å². The van der Waals surface area contributed by atoms with Gasteiger partial charge in [-0.25, -0.2) is 0 Å². The molecular formula is C13H16BrN3. The molecule has 0 aliphatic carbocycles. The SMILES string of the molecule is CCn1nccc1C(N)c1ccc(Br)c(C)c1. The lowest BCUT2D eigenvalue weighted by atomic mass is 10.0. The minimum Gasteiger partial charge on any atom is -0.319 e. The molecule has 0 aliphatic heterocycles. The number of rotatable bonds is 3. The van der Waals surface area contributed by atoms with Gasteiger partial charge in [-0.15, -0.1) is 0 Å². The summed E-state index contributed by atoms with van der Waals surface area (Å²) in [7, 11) is 0. The van der Waals surface area contributed by atoms with Gasteiger partial charge >= 0.3 is 0 Å². The van der Waals surface area contributed by atoms with Crippen LogP contribution in [-0.2, 0) is 6.54 Å². The Labute approximate surface area is 110 Å². The first kappa shape index (κ1) is 12.3. The third-order valence-electron chi connectivity index (χ3n) is 2.91. The quantitative estimate of drug-likeness (QED) is 0.945.